The SMILES string of the molecule is Cc1cc(C(=O)N2CCCC2)cc(NC(=O)C2Cc3cccnc3N2C2CCN(Cc3ccc(Cl)c(C)c3)CC2)n1. The Labute approximate surface area is 246 Å². The van der Waals surface area contributed by atoms with Crippen molar-refractivity contribution in [2.45, 2.75) is 64.6 Å². The number of carbonyl (C=O) groups is 2. The Kier molecular flexibility index (Phi) is 7.95. The van der Waals surface area contributed by atoms with Gasteiger partial charge in [-0.2, -0.15) is 0 Å². The van der Waals surface area contributed by atoms with Crippen LogP contribution in [0.4, 0.5) is 11.6 Å². The lowest BCUT2D eigenvalue weighted by atomic mass is 10.0. The maximum Gasteiger partial charge on any atom is 0.254 e. The normalized spacial score (nSPS) is 19.4. The van der Waals surface area contributed by atoms with Crippen LogP contribution in [0.15, 0.2) is 48.7 Å². The van der Waals surface area contributed by atoms with Crippen LogP contribution in [0.1, 0.15) is 58.4 Å². The number of hydrogen-bond donors (Lipinski definition) is 1. The second-order valence-electron chi connectivity index (χ2n) is 11.6. The van der Waals surface area contributed by atoms with Gasteiger partial charge in [-0.1, -0.05) is 29.8 Å². The summed E-state index contributed by atoms with van der Waals surface area (Å²) in [6.45, 7) is 8.24. The van der Waals surface area contributed by atoms with E-state index in [9.17, 15) is 9.59 Å². The van der Waals surface area contributed by atoms with Crippen molar-refractivity contribution < 1.29 is 9.59 Å². The number of amides is 2. The van der Waals surface area contributed by atoms with Crippen molar-refractivity contribution in [3.05, 3.63) is 81.6 Å². The molecule has 3 aliphatic rings. The van der Waals surface area contributed by atoms with E-state index in [-0.39, 0.29) is 23.9 Å². The van der Waals surface area contributed by atoms with Crippen molar-refractivity contribution in [2.24, 2.45) is 0 Å². The van der Waals surface area contributed by atoms with E-state index in [1.165, 1.54) is 5.56 Å². The first kappa shape index (κ1) is 27.7. The Hall–Kier alpha value is -3.49. The van der Waals surface area contributed by atoms with E-state index < -0.39 is 0 Å². The van der Waals surface area contributed by atoms with Crippen molar-refractivity contribution in [1.29, 1.82) is 0 Å². The Balaban J connectivity index is 1.16. The number of rotatable bonds is 6. The van der Waals surface area contributed by atoms with Crippen LogP contribution < -0.4 is 10.2 Å². The molecule has 3 aromatic rings. The molecule has 2 saturated heterocycles. The van der Waals surface area contributed by atoms with Crippen LogP contribution in [-0.2, 0) is 17.8 Å². The highest BCUT2D eigenvalue weighted by Crippen LogP contribution is 2.35. The van der Waals surface area contributed by atoms with Gasteiger partial charge in [-0.05, 0) is 80.5 Å². The molecule has 3 aliphatic heterocycles. The minimum atomic E-state index is -0.379. The first-order valence-corrected chi connectivity index (χ1v) is 15.0. The number of nitrogens with zero attached hydrogens (tertiary/aromatic N) is 5. The average molecular weight is 573 g/mol. The summed E-state index contributed by atoms with van der Waals surface area (Å²) in [7, 11) is 0. The molecule has 0 spiro atoms. The van der Waals surface area contributed by atoms with Crippen LogP contribution in [-0.4, -0.2) is 69.8 Å². The van der Waals surface area contributed by atoms with E-state index in [4.69, 9.17) is 16.6 Å². The van der Waals surface area contributed by atoms with Crippen LogP contribution >= 0.6 is 11.6 Å². The molecular formula is C32H37ClN6O2. The minimum absolute atomic E-state index is 0.00289. The van der Waals surface area contributed by atoms with Gasteiger partial charge in [0.25, 0.3) is 5.91 Å². The molecule has 214 valence electrons. The van der Waals surface area contributed by atoms with Gasteiger partial charge in [-0.3, -0.25) is 14.5 Å². The molecule has 9 heteroatoms. The molecule has 0 bridgehead atoms. The van der Waals surface area contributed by atoms with Crippen LogP contribution in [0.2, 0.25) is 5.02 Å². The number of aryl methyl sites for hydroxylation is 2. The van der Waals surface area contributed by atoms with Crippen LogP contribution in [0.5, 0.6) is 0 Å². The molecule has 6 rings (SSSR count). The molecule has 2 aromatic heterocycles. The van der Waals surface area contributed by atoms with Gasteiger partial charge in [-0.25, -0.2) is 9.97 Å². The van der Waals surface area contributed by atoms with E-state index in [2.05, 4.69) is 38.3 Å². The summed E-state index contributed by atoms with van der Waals surface area (Å²) in [6.07, 6.45) is 6.37. The largest absolute Gasteiger partial charge is 0.341 e. The van der Waals surface area contributed by atoms with Gasteiger partial charge < -0.3 is 15.1 Å². The Morgan fingerprint density at radius 1 is 1.02 bits per heavy atom. The Morgan fingerprint density at radius 3 is 2.56 bits per heavy atom. The van der Waals surface area contributed by atoms with Crippen molar-refractivity contribution >= 4 is 35.1 Å². The highest BCUT2D eigenvalue weighted by atomic mass is 35.5. The highest BCUT2D eigenvalue weighted by Gasteiger charge is 2.40. The molecule has 1 N–H and O–H groups in total. The number of hydrogen-bond acceptors (Lipinski definition) is 6. The molecule has 2 fully saturated rings. The summed E-state index contributed by atoms with van der Waals surface area (Å²) >= 11 is 6.22. The lowest BCUT2D eigenvalue weighted by molar-refractivity contribution is -0.117. The van der Waals surface area contributed by atoms with Crippen LogP contribution in [0.25, 0.3) is 0 Å². The molecular weight excluding hydrogens is 536 g/mol. The fourth-order valence-electron chi connectivity index (χ4n) is 6.51. The topological polar surface area (TPSA) is 81.7 Å². The number of likely N-dealkylation sites (tertiary alicyclic amines) is 2. The number of pyridine rings is 2. The number of halogens is 1. The van der Waals surface area contributed by atoms with Crippen molar-refractivity contribution in [1.82, 2.24) is 19.8 Å². The Bertz CT molecular complexity index is 1450. The molecule has 0 radical (unpaired) electrons. The lowest BCUT2D eigenvalue weighted by Crippen LogP contribution is -2.51. The third-order valence-electron chi connectivity index (χ3n) is 8.59. The molecule has 2 amide bonds. The second kappa shape index (κ2) is 11.8. The predicted molar refractivity (Wildman–Crippen MR) is 161 cm³/mol. The van der Waals surface area contributed by atoms with E-state index >= 15 is 0 Å². The summed E-state index contributed by atoms with van der Waals surface area (Å²) in [5.74, 6) is 1.22. The number of fused-ring (bicyclic) bond motifs is 1. The van der Waals surface area contributed by atoms with E-state index in [1.807, 2.05) is 37.1 Å². The first-order valence-electron chi connectivity index (χ1n) is 14.6. The van der Waals surface area contributed by atoms with Gasteiger partial charge in [0.1, 0.15) is 17.7 Å². The number of carbonyl (C=O) groups excluding carboxylic acids is 2. The van der Waals surface area contributed by atoms with Crippen LogP contribution in [0, 0.1) is 13.8 Å². The Morgan fingerprint density at radius 2 is 1.80 bits per heavy atom. The zero-order chi connectivity index (χ0) is 28.5. The molecule has 0 saturated carbocycles. The zero-order valence-electron chi connectivity index (χ0n) is 23.8. The summed E-state index contributed by atoms with van der Waals surface area (Å²) in [6, 6.07) is 13.6. The summed E-state index contributed by atoms with van der Waals surface area (Å²) in [5, 5.41) is 3.85. The fourth-order valence-corrected chi connectivity index (χ4v) is 6.63. The number of piperidine rings is 1. The molecule has 1 atom stereocenters. The van der Waals surface area contributed by atoms with Gasteiger partial charge in [0, 0.05) is 67.7 Å². The molecule has 41 heavy (non-hydrogen) atoms. The molecule has 8 nitrogen and oxygen atoms in total. The monoisotopic (exact) mass is 572 g/mol. The highest BCUT2D eigenvalue weighted by molar-refractivity contribution is 6.31. The van der Waals surface area contributed by atoms with E-state index in [0.29, 0.717) is 23.5 Å². The van der Waals surface area contributed by atoms with Crippen molar-refractivity contribution in [2.75, 3.05) is 36.4 Å². The quantitative estimate of drug-likeness (QED) is 0.447. The number of anilines is 2. The summed E-state index contributed by atoms with van der Waals surface area (Å²) in [5.41, 5.74) is 4.74. The van der Waals surface area contributed by atoms with E-state index in [0.717, 1.165) is 80.4 Å². The number of aromatic nitrogens is 2. The van der Waals surface area contributed by atoms with Gasteiger partial charge in [0.2, 0.25) is 5.91 Å². The zero-order valence-corrected chi connectivity index (χ0v) is 24.5. The predicted octanol–water partition coefficient (Wildman–Crippen LogP) is 5.02. The van der Waals surface area contributed by atoms with Gasteiger partial charge in [-0.15, -0.1) is 0 Å². The lowest BCUT2D eigenvalue weighted by Gasteiger charge is -2.40. The average Bonchev–Trinajstić information content (AvgIpc) is 3.64. The minimum Gasteiger partial charge on any atom is -0.341 e. The van der Waals surface area contributed by atoms with Crippen molar-refractivity contribution in [3.8, 4) is 0 Å². The van der Waals surface area contributed by atoms with Gasteiger partial charge >= 0.3 is 0 Å². The maximum absolute atomic E-state index is 13.8. The van der Waals surface area contributed by atoms with E-state index in [1.54, 1.807) is 12.1 Å². The molecule has 1 unspecified atom stereocenters. The third kappa shape index (κ3) is 5.95. The van der Waals surface area contributed by atoms with Crippen molar-refractivity contribution in [3.63, 3.8) is 0 Å². The van der Waals surface area contributed by atoms with Crippen LogP contribution in [0.3, 0.4) is 0 Å². The summed E-state index contributed by atoms with van der Waals surface area (Å²) in [4.78, 5) is 42.7. The number of benzene rings is 1. The maximum atomic E-state index is 13.8. The van der Waals surface area contributed by atoms with Gasteiger partial charge in [0.15, 0.2) is 0 Å². The second-order valence-corrected chi connectivity index (χ2v) is 12.0. The fraction of sp³-hybridized carbons (Fsp3) is 0.438. The number of nitrogens with one attached hydrogen (secondary N) is 1. The first-order chi connectivity index (χ1) is 19.9. The smallest absolute Gasteiger partial charge is 0.254 e. The molecule has 1 aromatic carbocycles. The molecule has 0 aliphatic carbocycles. The molecule has 5 heterocycles. The third-order valence-corrected chi connectivity index (χ3v) is 9.01. The summed E-state index contributed by atoms with van der Waals surface area (Å²) < 4.78 is 0. The standard InChI is InChI=1S/C32H37ClN6O2/c1-21-16-23(7-8-27(21)33)20-37-14-9-26(10-15-37)39-28(18-24-6-5-11-34-30(24)39)31(40)36-29-19-25(17-22(2)35-29)32(41)38-12-3-4-13-38/h5-8,11,16-17,19,26,28H,3-4,9-10,12-15,18,20H2,1-2H3,(H,35,36,40). The van der Waals surface area contributed by atoms with Gasteiger partial charge in [0.05, 0.1) is 0 Å².